The van der Waals surface area contributed by atoms with Crippen LogP contribution in [0.15, 0.2) is 40.9 Å². The maximum atomic E-state index is 12.5. The van der Waals surface area contributed by atoms with Crippen molar-refractivity contribution in [2.24, 2.45) is 0 Å². The van der Waals surface area contributed by atoms with Crippen LogP contribution in [0.25, 0.3) is 0 Å². The van der Waals surface area contributed by atoms with Gasteiger partial charge < -0.3 is 0 Å². The van der Waals surface area contributed by atoms with Crippen LogP contribution in [0.3, 0.4) is 0 Å². The monoisotopic (exact) mass is 329 g/mol. The zero-order valence-corrected chi connectivity index (χ0v) is 12.7. The Morgan fingerprint density at radius 2 is 1.60 bits per heavy atom. The number of nitrogens with zero attached hydrogens (tertiary/aromatic N) is 1. The molecule has 3 rings (SSSR count). The van der Waals surface area contributed by atoms with Crippen molar-refractivity contribution in [3.63, 3.8) is 0 Å². The maximum Gasteiger partial charge on any atom is 0.266 e. The van der Waals surface area contributed by atoms with E-state index in [0.717, 1.165) is 15.6 Å². The second-order valence-corrected chi connectivity index (χ2v) is 5.84. The average Bonchev–Trinajstić information content (AvgIpc) is 2.65. The van der Waals surface area contributed by atoms with Crippen molar-refractivity contribution >= 4 is 33.4 Å². The summed E-state index contributed by atoms with van der Waals surface area (Å²) in [5, 5.41) is 0. The number of hydrogen-bond donors (Lipinski definition) is 0. The highest BCUT2D eigenvalue weighted by Gasteiger charge is 2.37. The van der Waals surface area contributed by atoms with E-state index < -0.39 is 0 Å². The Kier molecular flexibility index (Phi) is 2.98. The molecule has 20 heavy (non-hydrogen) atoms. The molecule has 3 nitrogen and oxygen atoms in total. The van der Waals surface area contributed by atoms with E-state index in [1.54, 1.807) is 18.2 Å². The molecule has 0 fully saturated rings. The number of benzene rings is 2. The molecule has 4 heteroatoms. The van der Waals surface area contributed by atoms with Gasteiger partial charge in [-0.25, -0.2) is 4.90 Å². The topological polar surface area (TPSA) is 37.4 Å². The molecule has 0 bridgehead atoms. The van der Waals surface area contributed by atoms with Gasteiger partial charge in [0.05, 0.1) is 16.8 Å². The molecule has 2 amide bonds. The Morgan fingerprint density at radius 1 is 0.900 bits per heavy atom. The highest BCUT2D eigenvalue weighted by Crippen LogP contribution is 2.32. The molecule has 0 radical (unpaired) electrons. The molecule has 100 valence electrons. The van der Waals surface area contributed by atoms with Crippen LogP contribution in [-0.4, -0.2) is 11.8 Å². The summed E-state index contributed by atoms with van der Waals surface area (Å²) in [6.07, 6.45) is 0. The lowest BCUT2D eigenvalue weighted by Crippen LogP contribution is -2.30. The van der Waals surface area contributed by atoms with Crippen molar-refractivity contribution < 1.29 is 9.59 Å². The van der Waals surface area contributed by atoms with E-state index in [0.29, 0.717) is 16.8 Å². The minimum Gasteiger partial charge on any atom is -0.268 e. The first kappa shape index (κ1) is 13.1. The fourth-order valence-electron chi connectivity index (χ4n) is 2.39. The van der Waals surface area contributed by atoms with E-state index in [-0.39, 0.29) is 11.8 Å². The van der Waals surface area contributed by atoms with Crippen LogP contribution in [0.4, 0.5) is 5.69 Å². The number of halogens is 1. The van der Waals surface area contributed by atoms with Crippen molar-refractivity contribution in [2.45, 2.75) is 13.8 Å². The molecule has 1 heterocycles. The van der Waals surface area contributed by atoms with Crippen LogP contribution >= 0.6 is 15.9 Å². The largest absolute Gasteiger partial charge is 0.268 e. The molecular weight excluding hydrogens is 318 g/mol. The van der Waals surface area contributed by atoms with Gasteiger partial charge in [0, 0.05) is 4.47 Å². The van der Waals surface area contributed by atoms with E-state index in [2.05, 4.69) is 15.9 Å². The minimum atomic E-state index is -0.264. The molecule has 0 aliphatic carbocycles. The molecule has 2 aromatic rings. The van der Waals surface area contributed by atoms with Crippen molar-refractivity contribution in [2.75, 3.05) is 4.90 Å². The molecule has 1 aliphatic heterocycles. The lowest BCUT2D eigenvalue weighted by atomic mass is 10.1. The van der Waals surface area contributed by atoms with Gasteiger partial charge in [-0.05, 0) is 49.2 Å². The number of hydrogen-bond acceptors (Lipinski definition) is 2. The van der Waals surface area contributed by atoms with E-state index in [1.165, 1.54) is 4.90 Å². The summed E-state index contributed by atoms with van der Waals surface area (Å²) in [6, 6.07) is 10.9. The number of carbonyl (C=O) groups excluding carboxylic acids is 2. The average molecular weight is 330 g/mol. The number of rotatable bonds is 1. The van der Waals surface area contributed by atoms with E-state index >= 15 is 0 Å². The number of aryl methyl sites for hydroxylation is 2. The summed E-state index contributed by atoms with van der Waals surface area (Å²) < 4.78 is 0.792. The van der Waals surface area contributed by atoms with Crippen molar-refractivity contribution in [3.8, 4) is 0 Å². The normalized spacial score (nSPS) is 13.8. The highest BCUT2D eigenvalue weighted by atomic mass is 79.9. The summed E-state index contributed by atoms with van der Waals surface area (Å²) in [7, 11) is 0. The molecular formula is C16H12BrNO2. The SMILES string of the molecule is Cc1ccc(C)c(N2C(=O)c3ccc(Br)cc3C2=O)c1. The highest BCUT2D eigenvalue weighted by molar-refractivity contribution is 9.10. The van der Waals surface area contributed by atoms with Gasteiger partial charge in [-0.3, -0.25) is 9.59 Å². The van der Waals surface area contributed by atoms with E-state index in [9.17, 15) is 9.59 Å². The maximum absolute atomic E-state index is 12.5. The predicted molar refractivity (Wildman–Crippen MR) is 81.2 cm³/mol. The Bertz CT molecular complexity index is 752. The summed E-state index contributed by atoms with van der Waals surface area (Å²) in [6.45, 7) is 3.84. The van der Waals surface area contributed by atoms with Crippen molar-refractivity contribution in [1.29, 1.82) is 0 Å². The fraction of sp³-hybridized carbons (Fsp3) is 0.125. The van der Waals surface area contributed by atoms with Gasteiger partial charge in [-0.15, -0.1) is 0 Å². The lowest BCUT2D eigenvalue weighted by molar-refractivity contribution is 0.0926. The second kappa shape index (κ2) is 4.56. The lowest BCUT2D eigenvalue weighted by Gasteiger charge is -2.17. The predicted octanol–water partition coefficient (Wildman–Crippen LogP) is 3.87. The zero-order chi connectivity index (χ0) is 14.4. The third-order valence-corrected chi connectivity index (χ3v) is 3.95. The molecule has 0 saturated carbocycles. The van der Waals surface area contributed by atoms with E-state index in [4.69, 9.17) is 0 Å². The number of imide groups is 1. The summed E-state index contributed by atoms with van der Waals surface area (Å²) in [5.41, 5.74) is 3.49. The molecule has 0 N–H and O–H groups in total. The Morgan fingerprint density at radius 3 is 2.35 bits per heavy atom. The summed E-state index contributed by atoms with van der Waals surface area (Å²) in [4.78, 5) is 26.2. The third-order valence-electron chi connectivity index (χ3n) is 3.45. The first-order chi connectivity index (χ1) is 9.49. The van der Waals surface area contributed by atoms with Gasteiger partial charge >= 0.3 is 0 Å². The zero-order valence-electron chi connectivity index (χ0n) is 11.1. The summed E-state index contributed by atoms with van der Waals surface area (Å²) >= 11 is 3.33. The molecule has 0 spiro atoms. The van der Waals surface area contributed by atoms with Crippen LogP contribution in [0.1, 0.15) is 31.8 Å². The quantitative estimate of drug-likeness (QED) is 0.745. The Hall–Kier alpha value is -1.94. The van der Waals surface area contributed by atoms with Crippen molar-refractivity contribution in [3.05, 3.63) is 63.1 Å². The molecule has 0 aromatic heterocycles. The van der Waals surface area contributed by atoms with Crippen LogP contribution in [0.2, 0.25) is 0 Å². The van der Waals surface area contributed by atoms with Crippen LogP contribution < -0.4 is 4.90 Å². The molecule has 0 unspecified atom stereocenters. The molecule has 2 aromatic carbocycles. The van der Waals surface area contributed by atoms with Crippen LogP contribution in [0, 0.1) is 13.8 Å². The van der Waals surface area contributed by atoms with Gasteiger partial charge in [0.2, 0.25) is 0 Å². The standard InChI is InChI=1S/C16H12BrNO2/c1-9-3-4-10(2)14(7-9)18-15(19)12-6-5-11(17)8-13(12)16(18)20/h3-8H,1-2H3. The molecule has 0 atom stereocenters. The van der Waals surface area contributed by atoms with Gasteiger partial charge in [-0.2, -0.15) is 0 Å². The Labute approximate surface area is 125 Å². The van der Waals surface area contributed by atoms with Crippen LogP contribution in [-0.2, 0) is 0 Å². The van der Waals surface area contributed by atoms with Gasteiger partial charge in [0.1, 0.15) is 0 Å². The number of carbonyl (C=O) groups is 2. The smallest absolute Gasteiger partial charge is 0.266 e. The van der Waals surface area contributed by atoms with Crippen molar-refractivity contribution in [1.82, 2.24) is 0 Å². The third kappa shape index (κ3) is 1.88. The number of fused-ring (bicyclic) bond motifs is 1. The fourth-order valence-corrected chi connectivity index (χ4v) is 2.75. The number of amides is 2. The first-order valence-electron chi connectivity index (χ1n) is 6.24. The summed E-state index contributed by atoms with van der Waals surface area (Å²) in [5.74, 6) is -0.522. The van der Waals surface area contributed by atoms with Gasteiger partial charge in [0.25, 0.3) is 11.8 Å². The molecule has 1 aliphatic rings. The molecule has 0 saturated heterocycles. The minimum absolute atomic E-state index is 0.258. The number of anilines is 1. The Balaban J connectivity index is 2.16. The van der Waals surface area contributed by atoms with Gasteiger partial charge in [-0.1, -0.05) is 28.1 Å². The van der Waals surface area contributed by atoms with E-state index in [1.807, 2.05) is 32.0 Å². The van der Waals surface area contributed by atoms with Gasteiger partial charge in [0.15, 0.2) is 0 Å². The van der Waals surface area contributed by atoms with Crippen LogP contribution in [0.5, 0.6) is 0 Å². The second-order valence-electron chi connectivity index (χ2n) is 4.93. The first-order valence-corrected chi connectivity index (χ1v) is 7.04.